The van der Waals surface area contributed by atoms with Crippen molar-refractivity contribution in [2.75, 3.05) is 14.2 Å². The summed E-state index contributed by atoms with van der Waals surface area (Å²) in [6.07, 6.45) is 0.910. The van der Waals surface area contributed by atoms with Crippen LogP contribution in [-0.2, 0) is 22.6 Å². The van der Waals surface area contributed by atoms with Crippen LogP contribution < -0.4 is 10.7 Å². The van der Waals surface area contributed by atoms with Gasteiger partial charge in [0.2, 0.25) is 5.43 Å². The van der Waals surface area contributed by atoms with Gasteiger partial charge in [0.1, 0.15) is 0 Å². The molecule has 1 amide bonds. The Balaban J connectivity index is 2.40. The molecule has 0 saturated heterocycles. The first-order valence-electron chi connectivity index (χ1n) is 8.83. The van der Waals surface area contributed by atoms with Crippen molar-refractivity contribution in [1.82, 2.24) is 9.88 Å². The van der Waals surface area contributed by atoms with Crippen LogP contribution in [0.5, 0.6) is 5.75 Å². The molecule has 0 atom stereocenters. The van der Waals surface area contributed by atoms with E-state index < -0.39 is 23.4 Å². The SMILES string of the molecule is COC(Cn1cc(C(C)C)c(=O)c(O)c1C(=O)NCc1cccc(Cl)c1)OC. The standard InChI is InChI=1S/C20H25ClN2O5/c1-12(2)15-10-23(11-16(27-3)28-4)17(19(25)18(15)24)20(26)22-9-13-6-5-7-14(21)8-13/h5-8,10,12,16,25H,9,11H2,1-4H3,(H,22,26). The minimum atomic E-state index is -0.651. The molecular formula is C20H25ClN2O5. The molecule has 0 aliphatic rings. The molecule has 1 aromatic heterocycles. The van der Waals surface area contributed by atoms with Gasteiger partial charge in [-0.05, 0) is 23.6 Å². The Hall–Kier alpha value is -2.35. The van der Waals surface area contributed by atoms with Crippen molar-refractivity contribution in [2.45, 2.75) is 39.1 Å². The Morgan fingerprint density at radius 2 is 1.96 bits per heavy atom. The molecule has 2 aromatic rings. The minimum absolute atomic E-state index is 0.125. The Kier molecular flexibility index (Phi) is 7.62. The largest absolute Gasteiger partial charge is 0.503 e. The predicted molar refractivity (Wildman–Crippen MR) is 107 cm³/mol. The number of hydrogen-bond acceptors (Lipinski definition) is 5. The number of nitrogens with zero attached hydrogens (tertiary/aromatic N) is 1. The summed E-state index contributed by atoms with van der Waals surface area (Å²) in [6, 6.07) is 7.04. The predicted octanol–water partition coefficient (Wildman–Crippen LogP) is 2.88. The summed E-state index contributed by atoms with van der Waals surface area (Å²) in [7, 11) is 2.94. The smallest absolute Gasteiger partial charge is 0.272 e. The van der Waals surface area contributed by atoms with Gasteiger partial charge in [-0.3, -0.25) is 9.59 Å². The molecule has 0 spiro atoms. The third-order valence-corrected chi connectivity index (χ3v) is 4.57. The summed E-state index contributed by atoms with van der Waals surface area (Å²) in [6.45, 7) is 3.99. The van der Waals surface area contributed by atoms with Gasteiger partial charge in [0.25, 0.3) is 5.91 Å². The first kappa shape index (κ1) is 21.9. The highest BCUT2D eigenvalue weighted by Crippen LogP contribution is 2.20. The van der Waals surface area contributed by atoms with E-state index in [-0.39, 0.29) is 24.7 Å². The summed E-state index contributed by atoms with van der Waals surface area (Å²) in [5.41, 5.74) is 0.482. The number of carbonyl (C=O) groups excluding carboxylic acids is 1. The van der Waals surface area contributed by atoms with Crippen LogP contribution >= 0.6 is 11.6 Å². The number of rotatable bonds is 8. The van der Waals surface area contributed by atoms with Gasteiger partial charge in [-0.15, -0.1) is 0 Å². The van der Waals surface area contributed by atoms with Gasteiger partial charge in [-0.2, -0.15) is 0 Å². The fourth-order valence-corrected chi connectivity index (χ4v) is 3.00. The Morgan fingerprint density at radius 3 is 2.54 bits per heavy atom. The molecule has 0 aliphatic heterocycles. The van der Waals surface area contributed by atoms with E-state index in [0.717, 1.165) is 5.56 Å². The molecule has 0 fully saturated rings. The second-order valence-electron chi connectivity index (χ2n) is 6.63. The molecule has 0 unspecified atom stereocenters. The third kappa shape index (κ3) is 5.13. The van der Waals surface area contributed by atoms with Crippen molar-refractivity contribution >= 4 is 17.5 Å². The Bertz CT molecular complexity index is 891. The number of amides is 1. The molecule has 28 heavy (non-hydrogen) atoms. The van der Waals surface area contributed by atoms with Gasteiger partial charge in [0.15, 0.2) is 17.7 Å². The van der Waals surface area contributed by atoms with Crippen LogP contribution in [0.25, 0.3) is 0 Å². The second kappa shape index (κ2) is 9.73. The Labute approximate surface area is 168 Å². The van der Waals surface area contributed by atoms with E-state index in [1.807, 2.05) is 19.9 Å². The molecule has 8 heteroatoms. The molecule has 7 nitrogen and oxygen atoms in total. The van der Waals surface area contributed by atoms with E-state index in [4.69, 9.17) is 21.1 Å². The van der Waals surface area contributed by atoms with Gasteiger partial charge in [0.05, 0.1) is 6.54 Å². The van der Waals surface area contributed by atoms with Crippen LogP contribution in [0.1, 0.15) is 41.4 Å². The molecule has 1 heterocycles. The first-order valence-corrected chi connectivity index (χ1v) is 9.20. The Morgan fingerprint density at radius 1 is 1.29 bits per heavy atom. The number of nitrogens with one attached hydrogen (secondary N) is 1. The summed E-state index contributed by atoms with van der Waals surface area (Å²) < 4.78 is 11.9. The average Bonchev–Trinajstić information content (AvgIpc) is 2.66. The molecule has 2 N–H and O–H groups in total. The highest BCUT2D eigenvalue weighted by molar-refractivity contribution is 6.30. The minimum Gasteiger partial charge on any atom is -0.503 e. The summed E-state index contributed by atoms with van der Waals surface area (Å²) in [5.74, 6) is -1.31. The fourth-order valence-electron chi connectivity index (χ4n) is 2.78. The molecule has 152 valence electrons. The number of aromatic nitrogens is 1. The van der Waals surface area contributed by atoms with Crippen molar-refractivity contribution in [1.29, 1.82) is 0 Å². The van der Waals surface area contributed by atoms with E-state index in [0.29, 0.717) is 10.6 Å². The van der Waals surface area contributed by atoms with Gasteiger partial charge in [0, 0.05) is 37.5 Å². The van der Waals surface area contributed by atoms with Crippen LogP contribution in [0.15, 0.2) is 35.3 Å². The fraction of sp³-hybridized carbons (Fsp3) is 0.400. The summed E-state index contributed by atoms with van der Waals surface area (Å²) in [5, 5.41) is 13.7. The van der Waals surface area contributed by atoms with Crippen molar-refractivity contribution in [3.63, 3.8) is 0 Å². The lowest BCUT2D eigenvalue weighted by Crippen LogP contribution is -2.32. The average molecular weight is 409 g/mol. The van der Waals surface area contributed by atoms with E-state index in [1.165, 1.54) is 18.8 Å². The number of methoxy groups -OCH3 is 2. The van der Waals surface area contributed by atoms with Crippen molar-refractivity contribution < 1.29 is 19.4 Å². The summed E-state index contributed by atoms with van der Waals surface area (Å²) >= 11 is 5.96. The molecule has 1 aromatic carbocycles. The molecular weight excluding hydrogens is 384 g/mol. The maximum Gasteiger partial charge on any atom is 0.272 e. The third-order valence-electron chi connectivity index (χ3n) is 4.33. The quantitative estimate of drug-likeness (QED) is 0.655. The summed E-state index contributed by atoms with van der Waals surface area (Å²) in [4.78, 5) is 25.3. The number of ether oxygens (including phenoxy) is 2. The van der Waals surface area contributed by atoms with Gasteiger partial charge in [-0.1, -0.05) is 37.6 Å². The lowest BCUT2D eigenvalue weighted by atomic mass is 10.0. The van der Waals surface area contributed by atoms with E-state index in [9.17, 15) is 14.7 Å². The van der Waals surface area contributed by atoms with Crippen LogP contribution in [0, 0.1) is 0 Å². The van der Waals surface area contributed by atoms with E-state index >= 15 is 0 Å². The van der Waals surface area contributed by atoms with Crippen LogP contribution in [0.3, 0.4) is 0 Å². The molecule has 0 aliphatic carbocycles. The molecule has 0 radical (unpaired) electrons. The van der Waals surface area contributed by atoms with Gasteiger partial charge in [-0.25, -0.2) is 0 Å². The first-order chi connectivity index (χ1) is 13.3. The zero-order valence-corrected chi connectivity index (χ0v) is 17.1. The van der Waals surface area contributed by atoms with Gasteiger partial charge < -0.3 is 24.5 Å². The maximum atomic E-state index is 12.8. The topological polar surface area (TPSA) is 89.8 Å². The normalized spacial score (nSPS) is 11.2. The number of hydrogen-bond donors (Lipinski definition) is 2. The van der Waals surface area contributed by atoms with Crippen molar-refractivity contribution in [2.24, 2.45) is 0 Å². The van der Waals surface area contributed by atoms with Crippen LogP contribution in [0.2, 0.25) is 5.02 Å². The lowest BCUT2D eigenvalue weighted by Gasteiger charge is -2.21. The molecule has 0 saturated carbocycles. The molecule has 0 bridgehead atoms. The number of aromatic hydroxyl groups is 1. The highest BCUT2D eigenvalue weighted by atomic mass is 35.5. The van der Waals surface area contributed by atoms with Crippen LogP contribution in [-0.4, -0.2) is 36.1 Å². The lowest BCUT2D eigenvalue weighted by molar-refractivity contribution is -0.111. The van der Waals surface area contributed by atoms with Crippen molar-refractivity contribution in [3.8, 4) is 5.75 Å². The zero-order chi connectivity index (χ0) is 20.8. The van der Waals surface area contributed by atoms with Crippen LogP contribution in [0.4, 0.5) is 0 Å². The molecule has 2 rings (SSSR count). The van der Waals surface area contributed by atoms with Gasteiger partial charge >= 0.3 is 0 Å². The number of carbonyl (C=O) groups is 1. The van der Waals surface area contributed by atoms with E-state index in [2.05, 4.69) is 5.32 Å². The zero-order valence-electron chi connectivity index (χ0n) is 16.4. The maximum absolute atomic E-state index is 12.8. The monoisotopic (exact) mass is 408 g/mol. The number of benzene rings is 1. The number of halogens is 1. The van der Waals surface area contributed by atoms with E-state index in [1.54, 1.807) is 24.4 Å². The number of pyridine rings is 1. The van der Waals surface area contributed by atoms with Crippen molar-refractivity contribution in [3.05, 3.63) is 62.5 Å². The highest BCUT2D eigenvalue weighted by Gasteiger charge is 2.23. The second-order valence-corrected chi connectivity index (χ2v) is 7.07.